The second kappa shape index (κ2) is 12.2. The van der Waals surface area contributed by atoms with Crippen LogP contribution in [0.2, 0.25) is 0 Å². The number of alkyl halides is 3. The SMILES string of the molecule is CCOCCC1(CNC(=NC)NCc2cccc(COCC(F)(F)F)c2)CCCC1. The Labute approximate surface area is 177 Å². The van der Waals surface area contributed by atoms with Gasteiger partial charge in [0, 0.05) is 33.4 Å². The molecule has 0 radical (unpaired) electrons. The van der Waals surface area contributed by atoms with E-state index >= 15 is 0 Å². The Kier molecular flexibility index (Phi) is 9.91. The number of aliphatic imine (C=N–C) groups is 1. The standard InChI is InChI=1S/C22H34F3N3O2/c1-3-29-12-11-21(9-4-5-10-21)16-28-20(26-2)27-14-18-7-6-8-19(13-18)15-30-17-22(23,24)25/h6-8,13H,3-5,9-12,14-17H2,1-2H3,(H2,26,27,28). The van der Waals surface area contributed by atoms with E-state index in [1.54, 1.807) is 13.1 Å². The zero-order valence-corrected chi connectivity index (χ0v) is 18.0. The van der Waals surface area contributed by atoms with Crippen LogP contribution in [0.25, 0.3) is 0 Å². The van der Waals surface area contributed by atoms with Gasteiger partial charge in [0.2, 0.25) is 0 Å². The summed E-state index contributed by atoms with van der Waals surface area (Å²) in [5, 5.41) is 6.74. The molecule has 0 aromatic heterocycles. The molecule has 0 unspecified atom stereocenters. The average Bonchev–Trinajstić information content (AvgIpc) is 3.17. The molecule has 0 spiro atoms. The van der Waals surface area contributed by atoms with Crippen molar-refractivity contribution >= 4 is 5.96 Å². The molecule has 5 nitrogen and oxygen atoms in total. The largest absolute Gasteiger partial charge is 0.411 e. The van der Waals surface area contributed by atoms with Gasteiger partial charge in [0.1, 0.15) is 6.61 Å². The summed E-state index contributed by atoms with van der Waals surface area (Å²) < 4.78 is 47.0. The van der Waals surface area contributed by atoms with Gasteiger partial charge in [-0.1, -0.05) is 37.1 Å². The van der Waals surface area contributed by atoms with Crippen molar-refractivity contribution in [2.45, 2.75) is 58.4 Å². The van der Waals surface area contributed by atoms with E-state index in [2.05, 4.69) is 15.6 Å². The lowest BCUT2D eigenvalue weighted by Crippen LogP contribution is -2.43. The maximum Gasteiger partial charge on any atom is 0.411 e. The lowest BCUT2D eigenvalue weighted by molar-refractivity contribution is -0.176. The van der Waals surface area contributed by atoms with Crippen LogP contribution in [-0.2, 0) is 22.6 Å². The summed E-state index contributed by atoms with van der Waals surface area (Å²) in [6.45, 7) is 3.62. The third kappa shape index (κ3) is 8.92. The van der Waals surface area contributed by atoms with E-state index in [0.29, 0.717) is 12.1 Å². The molecule has 2 rings (SSSR count). The Morgan fingerprint density at radius 2 is 1.87 bits per heavy atom. The first-order valence-corrected chi connectivity index (χ1v) is 10.6. The zero-order valence-electron chi connectivity index (χ0n) is 18.0. The summed E-state index contributed by atoms with van der Waals surface area (Å²) in [4.78, 5) is 4.30. The molecule has 0 heterocycles. The van der Waals surface area contributed by atoms with E-state index in [1.165, 1.54) is 25.7 Å². The van der Waals surface area contributed by atoms with Crippen molar-refractivity contribution in [2.75, 3.05) is 33.4 Å². The first-order chi connectivity index (χ1) is 14.4. The van der Waals surface area contributed by atoms with Crippen LogP contribution in [0, 0.1) is 5.41 Å². The molecular formula is C22H34F3N3O2. The molecule has 8 heteroatoms. The molecular weight excluding hydrogens is 395 g/mol. The van der Waals surface area contributed by atoms with Crippen LogP contribution in [0.3, 0.4) is 0 Å². The van der Waals surface area contributed by atoms with Crippen LogP contribution in [0.1, 0.15) is 50.2 Å². The average molecular weight is 430 g/mol. The molecule has 0 bridgehead atoms. The number of ether oxygens (including phenoxy) is 2. The third-order valence-electron chi connectivity index (χ3n) is 5.49. The van der Waals surface area contributed by atoms with Gasteiger partial charge in [-0.15, -0.1) is 0 Å². The Morgan fingerprint density at radius 3 is 2.53 bits per heavy atom. The van der Waals surface area contributed by atoms with E-state index in [1.807, 2.05) is 25.1 Å². The van der Waals surface area contributed by atoms with E-state index in [4.69, 9.17) is 9.47 Å². The predicted molar refractivity (Wildman–Crippen MR) is 112 cm³/mol. The van der Waals surface area contributed by atoms with Crippen LogP contribution in [-0.4, -0.2) is 45.5 Å². The van der Waals surface area contributed by atoms with Gasteiger partial charge < -0.3 is 20.1 Å². The zero-order chi connectivity index (χ0) is 21.9. The number of nitrogens with zero attached hydrogens (tertiary/aromatic N) is 1. The number of benzene rings is 1. The highest BCUT2D eigenvalue weighted by molar-refractivity contribution is 5.79. The predicted octanol–water partition coefficient (Wildman–Crippen LogP) is 4.42. The van der Waals surface area contributed by atoms with Gasteiger partial charge in [-0.05, 0) is 42.7 Å². The van der Waals surface area contributed by atoms with Crippen LogP contribution < -0.4 is 10.6 Å². The second-order valence-electron chi connectivity index (χ2n) is 7.86. The van der Waals surface area contributed by atoms with Crippen LogP contribution in [0.5, 0.6) is 0 Å². The van der Waals surface area contributed by atoms with Gasteiger partial charge in [-0.25, -0.2) is 0 Å². The maximum atomic E-state index is 12.2. The minimum atomic E-state index is -4.31. The molecule has 0 aliphatic heterocycles. The fourth-order valence-electron chi connectivity index (χ4n) is 3.86. The van der Waals surface area contributed by atoms with Crippen molar-refractivity contribution in [3.63, 3.8) is 0 Å². The van der Waals surface area contributed by atoms with Gasteiger partial charge in [-0.3, -0.25) is 4.99 Å². The summed E-state index contributed by atoms with van der Waals surface area (Å²) in [5.74, 6) is 0.719. The summed E-state index contributed by atoms with van der Waals surface area (Å²) in [6.07, 6.45) is 1.64. The van der Waals surface area contributed by atoms with E-state index < -0.39 is 12.8 Å². The summed E-state index contributed by atoms with van der Waals surface area (Å²) in [6, 6.07) is 7.35. The second-order valence-corrected chi connectivity index (χ2v) is 7.86. The molecule has 170 valence electrons. The fraction of sp³-hybridized carbons (Fsp3) is 0.682. The van der Waals surface area contributed by atoms with Crippen molar-refractivity contribution in [1.82, 2.24) is 10.6 Å². The topological polar surface area (TPSA) is 54.9 Å². The Hall–Kier alpha value is -1.80. The molecule has 1 saturated carbocycles. The lowest BCUT2D eigenvalue weighted by Gasteiger charge is -2.30. The fourth-order valence-corrected chi connectivity index (χ4v) is 3.86. The molecule has 1 aliphatic carbocycles. The van der Waals surface area contributed by atoms with Crippen molar-refractivity contribution in [2.24, 2.45) is 10.4 Å². The molecule has 1 fully saturated rings. The van der Waals surface area contributed by atoms with Crippen molar-refractivity contribution < 1.29 is 22.6 Å². The van der Waals surface area contributed by atoms with E-state index in [-0.39, 0.29) is 12.0 Å². The highest BCUT2D eigenvalue weighted by Gasteiger charge is 2.33. The van der Waals surface area contributed by atoms with E-state index in [9.17, 15) is 13.2 Å². The molecule has 30 heavy (non-hydrogen) atoms. The number of halogens is 3. The summed E-state index contributed by atoms with van der Waals surface area (Å²) in [7, 11) is 1.73. The van der Waals surface area contributed by atoms with Crippen LogP contribution in [0.15, 0.2) is 29.3 Å². The quantitative estimate of drug-likeness (QED) is 0.311. The smallest absolute Gasteiger partial charge is 0.382 e. The molecule has 1 aromatic carbocycles. The van der Waals surface area contributed by atoms with Gasteiger partial charge in [0.15, 0.2) is 5.96 Å². The molecule has 0 saturated heterocycles. The Morgan fingerprint density at radius 1 is 1.13 bits per heavy atom. The number of guanidine groups is 1. The van der Waals surface area contributed by atoms with E-state index in [0.717, 1.165) is 37.7 Å². The van der Waals surface area contributed by atoms with Crippen molar-refractivity contribution in [3.05, 3.63) is 35.4 Å². The number of rotatable bonds is 11. The normalized spacial score (nSPS) is 16.6. The third-order valence-corrected chi connectivity index (χ3v) is 5.49. The lowest BCUT2D eigenvalue weighted by atomic mass is 9.83. The van der Waals surface area contributed by atoms with Gasteiger partial charge in [0.25, 0.3) is 0 Å². The van der Waals surface area contributed by atoms with Crippen molar-refractivity contribution in [1.29, 1.82) is 0 Å². The first kappa shape index (κ1) is 24.5. The highest BCUT2D eigenvalue weighted by atomic mass is 19.4. The highest BCUT2D eigenvalue weighted by Crippen LogP contribution is 2.40. The minimum absolute atomic E-state index is 0.0668. The first-order valence-electron chi connectivity index (χ1n) is 10.6. The van der Waals surface area contributed by atoms with Crippen molar-refractivity contribution in [3.8, 4) is 0 Å². The molecule has 0 atom stereocenters. The monoisotopic (exact) mass is 429 g/mol. The number of nitrogens with one attached hydrogen (secondary N) is 2. The number of hydrogen-bond acceptors (Lipinski definition) is 3. The summed E-state index contributed by atoms with van der Waals surface area (Å²) >= 11 is 0. The van der Waals surface area contributed by atoms with Crippen LogP contribution in [0.4, 0.5) is 13.2 Å². The van der Waals surface area contributed by atoms with Gasteiger partial charge in [0.05, 0.1) is 6.61 Å². The molecule has 2 N–H and O–H groups in total. The van der Waals surface area contributed by atoms with Gasteiger partial charge >= 0.3 is 6.18 Å². The van der Waals surface area contributed by atoms with Crippen LogP contribution >= 0.6 is 0 Å². The summed E-state index contributed by atoms with van der Waals surface area (Å²) in [5.41, 5.74) is 1.92. The van der Waals surface area contributed by atoms with Gasteiger partial charge in [-0.2, -0.15) is 13.2 Å². The Balaban J connectivity index is 1.81. The number of hydrogen-bond donors (Lipinski definition) is 2. The Bertz CT molecular complexity index is 659. The molecule has 0 amide bonds. The molecule has 1 aliphatic rings. The molecule has 1 aromatic rings. The maximum absolute atomic E-state index is 12.2. The minimum Gasteiger partial charge on any atom is -0.382 e.